The van der Waals surface area contributed by atoms with Gasteiger partial charge < -0.3 is 25.5 Å². The molecule has 206 valence electrons. The number of nitrogens with zero attached hydrogens (tertiary/aromatic N) is 2. The van der Waals surface area contributed by atoms with Gasteiger partial charge in [0, 0.05) is 43.5 Å². The predicted molar refractivity (Wildman–Crippen MR) is 123 cm³/mol. The summed E-state index contributed by atoms with van der Waals surface area (Å²) in [5.74, 6) is -5.40. The Morgan fingerprint density at radius 3 is 2.16 bits per heavy atom. The minimum absolute atomic E-state index is 0.110. The van der Waals surface area contributed by atoms with Crippen molar-refractivity contribution >= 4 is 23.5 Å². The molecule has 38 heavy (non-hydrogen) atoms. The van der Waals surface area contributed by atoms with Gasteiger partial charge in [-0.25, -0.2) is 18.0 Å². The number of anilines is 1. The van der Waals surface area contributed by atoms with Gasteiger partial charge in [-0.3, -0.25) is 9.59 Å². The molecular formula is C24H24F6N4O4. The minimum Gasteiger partial charge on any atom is -0.475 e. The number of halogens is 6. The molecule has 0 aliphatic carbocycles. The number of carbonyl (C=O) groups excluding carboxylic acids is 2. The van der Waals surface area contributed by atoms with Gasteiger partial charge in [-0.1, -0.05) is 0 Å². The fraction of sp³-hybridized carbons (Fsp3) is 0.375. The second-order valence-corrected chi connectivity index (χ2v) is 8.63. The second-order valence-electron chi connectivity index (χ2n) is 8.63. The number of benzene rings is 2. The number of piperidine rings is 1. The molecule has 2 heterocycles. The highest BCUT2D eigenvalue weighted by molar-refractivity contribution is 5.94. The zero-order chi connectivity index (χ0) is 28.1. The number of carboxylic acids is 1. The minimum atomic E-state index is -5.08. The van der Waals surface area contributed by atoms with Crippen molar-refractivity contribution in [2.45, 2.75) is 24.6 Å². The van der Waals surface area contributed by atoms with Gasteiger partial charge in [-0.05, 0) is 49.2 Å². The van der Waals surface area contributed by atoms with Crippen LogP contribution in [0.2, 0.25) is 0 Å². The zero-order valence-electron chi connectivity index (χ0n) is 19.8. The van der Waals surface area contributed by atoms with Crippen LogP contribution in [0, 0.1) is 17.5 Å². The molecule has 3 N–H and O–H groups in total. The molecule has 2 amide bonds. The number of carboxylic acid groups (broad SMARTS) is 1. The highest BCUT2D eigenvalue weighted by Crippen LogP contribution is 2.36. The van der Waals surface area contributed by atoms with Gasteiger partial charge in [0.15, 0.2) is 11.6 Å². The predicted octanol–water partition coefficient (Wildman–Crippen LogP) is 2.90. The van der Waals surface area contributed by atoms with E-state index in [-0.39, 0.29) is 18.5 Å². The van der Waals surface area contributed by atoms with Crippen molar-refractivity contribution in [1.29, 1.82) is 0 Å². The number of rotatable bonds is 5. The molecule has 2 aromatic rings. The number of likely N-dealkylation sites (tertiary alicyclic amines) is 1. The van der Waals surface area contributed by atoms with Crippen LogP contribution in [-0.2, 0) is 9.59 Å². The molecular weight excluding hydrogens is 522 g/mol. The van der Waals surface area contributed by atoms with Crippen molar-refractivity contribution in [3.05, 3.63) is 65.5 Å². The van der Waals surface area contributed by atoms with Crippen molar-refractivity contribution in [2.75, 3.05) is 37.7 Å². The van der Waals surface area contributed by atoms with Crippen molar-refractivity contribution < 1.29 is 45.8 Å². The van der Waals surface area contributed by atoms with Gasteiger partial charge in [-0.2, -0.15) is 13.2 Å². The lowest BCUT2D eigenvalue weighted by molar-refractivity contribution is -0.192. The largest absolute Gasteiger partial charge is 0.490 e. The Bertz CT molecular complexity index is 1170. The van der Waals surface area contributed by atoms with Gasteiger partial charge in [0.1, 0.15) is 11.4 Å². The number of nitrogens with one attached hydrogen (secondary N) is 2. The maximum absolute atomic E-state index is 13.7. The number of aliphatic carboxylic acids is 1. The molecule has 0 radical (unpaired) electrons. The first-order valence-corrected chi connectivity index (χ1v) is 11.4. The smallest absolute Gasteiger partial charge is 0.475 e. The third kappa shape index (κ3) is 6.73. The average Bonchev–Trinajstić information content (AvgIpc) is 3.17. The van der Waals surface area contributed by atoms with E-state index in [1.807, 2.05) is 4.90 Å². The molecule has 4 rings (SSSR count). The Morgan fingerprint density at radius 2 is 1.61 bits per heavy atom. The summed E-state index contributed by atoms with van der Waals surface area (Å²) in [4.78, 5) is 37.6. The van der Waals surface area contributed by atoms with Crippen molar-refractivity contribution in [1.82, 2.24) is 15.5 Å². The highest BCUT2D eigenvalue weighted by atomic mass is 19.4. The third-order valence-electron chi connectivity index (χ3n) is 6.30. The Kier molecular flexibility index (Phi) is 8.86. The summed E-state index contributed by atoms with van der Waals surface area (Å²) in [5.41, 5.74) is 0.0686. The molecule has 0 unspecified atom stereocenters. The molecule has 8 nitrogen and oxygen atoms in total. The summed E-state index contributed by atoms with van der Waals surface area (Å²) in [5, 5.41) is 12.8. The van der Waals surface area contributed by atoms with Crippen LogP contribution in [0.4, 0.5) is 32.0 Å². The number of hydrogen-bond acceptors (Lipinski definition) is 5. The lowest BCUT2D eigenvalue weighted by atomic mass is 9.85. The van der Waals surface area contributed by atoms with E-state index in [0.717, 1.165) is 12.1 Å². The van der Waals surface area contributed by atoms with Crippen LogP contribution in [0.5, 0.6) is 0 Å². The van der Waals surface area contributed by atoms with E-state index in [1.165, 1.54) is 30.3 Å². The summed E-state index contributed by atoms with van der Waals surface area (Å²) >= 11 is 0. The fourth-order valence-electron chi connectivity index (χ4n) is 4.26. The Balaban J connectivity index is 0.000000505. The summed E-state index contributed by atoms with van der Waals surface area (Å²) in [6.45, 7) is 2.52. The van der Waals surface area contributed by atoms with Gasteiger partial charge >= 0.3 is 12.1 Å². The van der Waals surface area contributed by atoms with Crippen LogP contribution in [0.1, 0.15) is 23.2 Å². The first kappa shape index (κ1) is 28.8. The van der Waals surface area contributed by atoms with Crippen molar-refractivity contribution in [3.63, 3.8) is 0 Å². The van der Waals surface area contributed by atoms with E-state index in [4.69, 9.17) is 9.90 Å². The molecule has 2 saturated heterocycles. The van der Waals surface area contributed by atoms with Crippen LogP contribution >= 0.6 is 0 Å². The van der Waals surface area contributed by atoms with Crippen LogP contribution in [0.25, 0.3) is 0 Å². The van der Waals surface area contributed by atoms with E-state index >= 15 is 0 Å². The highest BCUT2D eigenvalue weighted by Gasteiger charge is 2.50. The van der Waals surface area contributed by atoms with E-state index < -0.39 is 35.1 Å². The lowest BCUT2D eigenvalue weighted by Gasteiger charge is -2.43. The molecule has 0 atom stereocenters. The van der Waals surface area contributed by atoms with E-state index in [1.54, 1.807) is 0 Å². The normalized spacial score (nSPS) is 17.0. The summed E-state index contributed by atoms with van der Waals surface area (Å²) in [7, 11) is 0. The number of hydrogen-bond donors (Lipinski definition) is 3. The molecule has 14 heteroatoms. The van der Waals surface area contributed by atoms with Crippen molar-refractivity contribution in [2.24, 2.45) is 0 Å². The van der Waals surface area contributed by atoms with Crippen molar-refractivity contribution in [3.8, 4) is 0 Å². The topological polar surface area (TPSA) is 102 Å². The molecule has 0 bridgehead atoms. The monoisotopic (exact) mass is 546 g/mol. The Labute approximate surface area is 213 Å². The van der Waals surface area contributed by atoms with Crippen LogP contribution < -0.4 is 15.5 Å². The Hall–Kier alpha value is -3.81. The fourth-order valence-corrected chi connectivity index (χ4v) is 4.26. The number of carbonyl (C=O) groups is 3. The second kappa shape index (κ2) is 11.7. The number of amides is 2. The van der Waals surface area contributed by atoms with Crippen LogP contribution in [-0.4, -0.2) is 72.4 Å². The SMILES string of the molecule is O=C(NCCN1CCC2(CC1)C(=O)NCN2c1ccc(F)c(F)c1)c1ccc(F)cc1.O=C(O)C(F)(F)F. The first-order valence-electron chi connectivity index (χ1n) is 11.4. The molecule has 2 aliphatic heterocycles. The van der Waals surface area contributed by atoms with E-state index in [0.29, 0.717) is 50.3 Å². The zero-order valence-corrected chi connectivity index (χ0v) is 19.8. The molecule has 0 saturated carbocycles. The van der Waals surface area contributed by atoms with Crippen LogP contribution in [0.3, 0.4) is 0 Å². The molecule has 0 aromatic heterocycles. The lowest BCUT2D eigenvalue weighted by Crippen LogP contribution is -2.57. The number of alkyl halides is 3. The first-order chi connectivity index (χ1) is 17.8. The molecule has 2 aliphatic rings. The Morgan fingerprint density at radius 1 is 1.00 bits per heavy atom. The maximum atomic E-state index is 13.7. The standard InChI is InChI=1S/C22H23F3N4O2.C2HF3O2/c23-16-3-1-15(2-4-16)20(30)26-9-12-28-10-7-22(8-11-28)21(31)27-14-29(22)17-5-6-18(24)19(25)13-17;3-2(4,5)1(6)7/h1-6,13H,7-12,14H2,(H,26,30)(H,27,31);(H,6,7). The van der Waals surface area contributed by atoms with Gasteiger partial charge in [-0.15, -0.1) is 0 Å². The van der Waals surface area contributed by atoms with Gasteiger partial charge in [0.2, 0.25) is 5.91 Å². The van der Waals surface area contributed by atoms with Gasteiger partial charge in [0.05, 0.1) is 6.67 Å². The summed E-state index contributed by atoms with van der Waals surface area (Å²) in [6, 6.07) is 9.02. The third-order valence-corrected chi connectivity index (χ3v) is 6.30. The average molecular weight is 546 g/mol. The molecule has 2 fully saturated rings. The van der Waals surface area contributed by atoms with E-state index in [2.05, 4.69) is 15.5 Å². The van der Waals surface area contributed by atoms with E-state index in [9.17, 15) is 35.9 Å². The summed E-state index contributed by atoms with van der Waals surface area (Å²) < 4.78 is 71.7. The van der Waals surface area contributed by atoms with Crippen LogP contribution in [0.15, 0.2) is 42.5 Å². The quantitative estimate of drug-likeness (QED) is 0.499. The molecule has 1 spiro atoms. The molecule has 2 aromatic carbocycles. The van der Waals surface area contributed by atoms with Gasteiger partial charge in [0.25, 0.3) is 5.91 Å². The summed E-state index contributed by atoms with van der Waals surface area (Å²) in [6.07, 6.45) is -4.02. The maximum Gasteiger partial charge on any atom is 0.490 e.